The summed E-state index contributed by atoms with van der Waals surface area (Å²) < 4.78 is 6.22. The molecule has 1 saturated carbocycles. The van der Waals surface area contributed by atoms with E-state index in [4.69, 9.17) is 10.0 Å². The quantitative estimate of drug-likeness (QED) is 0.650. The fourth-order valence-electron chi connectivity index (χ4n) is 2.69. The number of fused-ring (bicyclic) bond motifs is 1. The maximum atomic E-state index is 5.97. The van der Waals surface area contributed by atoms with Crippen LogP contribution in [0.15, 0.2) is 0 Å². The molecule has 0 aromatic carbocycles. The first-order valence-electron chi connectivity index (χ1n) is 5.40. The number of rotatable bonds is 0. The Balaban J connectivity index is 2.12. The van der Waals surface area contributed by atoms with Gasteiger partial charge in [0.2, 0.25) is 0 Å². The maximum absolute atomic E-state index is 5.97. The summed E-state index contributed by atoms with van der Waals surface area (Å²) in [6.45, 7) is 6.99. The lowest BCUT2D eigenvalue weighted by Crippen LogP contribution is -2.44. The second-order valence-corrected chi connectivity index (χ2v) is 8.79. The van der Waals surface area contributed by atoms with Crippen molar-refractivity contribution in [3.63, 3.8) is 0 Å². The van der Waals surface area contributed by atoms with Gasteiger partial charge in [-0.1, -0.05) is 24.7 Å². The first-order valence-corrected chi connectivity index (χ1v) is 8.15. The van der Waals surface area contributed by atoms with Gasteiger partial charge in [0.25, 0.3) is 0 Å². The van der Waals surface area contributed by atoms with E-state index in [1.54, 1.807) is 0 Å². The van der Waals surface area contributed by atoms with Crippen molar-refractivity contribution >= 4 is 18.9 Å². The Kier molecular flexibility index (Phi) is 3.15. The van der Waals surface area contributed by atoms with Crippen LogP contribution in [0.25, 0.3) is 0 Å². The molecular formula is C10H20NOPS. The molecule has 2 rings (SSSR count). The standard InChI is InChI=1S/C10H20NOPS/c1-7-4-5-8-9(6-7)12-13(11)14-10(8,2)3/h7-9H,4-6,11H2,1-3H3. The van der Waals surface area contributed by atoms with E-state index in [0.717, 1.165) is 5.92 Å². The second-order valence-electron chi connectivity index (χ2n) is 5.15. The van der Waals surface area contributed by atoms with E-state index in [1.165, 1.54) is 19.3 Å². The van der Waals surface area contributed by atoms with Gasteiger partial charge in [0.1, 0.15) is 0 Å². The van der Waals surface area contributed by atoms with Crippen LogP contribution < -0.4 is 5.50 Å². The Morgan fingerprint density at radius 2 is 2.14 bits per heavy atom. The average molecular weight is 233 g/mol. The van der Waals surface area contributed by atoms with Gasteiger partial charge in [0, 0.05) is 10.7 Å². The maximum Gasteiger partial charge on any atom is 0.164 e. The van der Waals surface area contributed by atoms with Crippen LogP contribution in [0.3, 0.4) is 0 Å². The zero-order chi connectivity index (χ0) is 10.3. The van der Waals surface area contributed by atoms with E-state index in [9.17, 15) is 0 Å². The van der Waals surface area contributed by atoms with Gasteiger partial charge in [-0.15, -0.1) is 0 Å². The molecule has 1 aliphatic carbocycles. The average Bonchev–Trinajstić information content (AvgIpc) is 2.00. The Morgan fingerprint density at radius 1 is 1.43 bits per heavy atom. The summed E-state index contributed by atoms with van der Waals surface area (Å²) in [6, 6.07) is 0. The van der Waals surface area contributed by atoms with Crippen molar-refractivity contribution in [2.45, 2.75) is 50.9 Å². The van der Waals surface area contributed by atoms with Gasteiger partial charge in [-0.25, -0.2) is 0 Å². The summed E-state index contributed by atoms with van der Waals surface area (Å²) in [5.41, 5.74) is 5.97. The van der Waals surface area contributed by atoms with E-state index in [2.05, 4.69) is 20.8 Å². The molecule has 82 valence electrons. The first-order chi connectivity index (χ1) is 6.49. The van der Waals surface area contributed by atoms with Crippen molar-refractivity contribution in [3.05, 3.63) is 0 Å². The van der Waals surface area contributed by atoms with Gasteiger partial charge in [0.15, 0.2) is 7.50 Å². The van der Waals surface area contributed by atoms with Crippen LogP contribution in [0.5, 0.6) is 0 Å². The van der Waals surface area contributed by atoms with Gasteiger partial charge in [0.05, 0.1) is 6.10 Å². The predicted molar refractivity (Wildman–Crippen MR) is 64.2 cm³/mol. The highest BCUT2D eigenvalue weighted by Gasteiger charge is 2.46. The third-order valence-corrected chi connectivity index (χ3v) is 7.15. The zero-order valence-corrected chi connectivity index (χ0v) is 10.9. The topological polar surface area (TPSA) is 35.2 Å². The van der Waals surface area contributed by atoms with Crippen LogP contribution in [0.2, 0.25) is 0 Å². The van der Waals surface area contributed by atoms with Gasteiger partial charge >= 0.3 is 0 Å². The van der Waals surface area contributed by atoms with Crippen LogP contribution in [0.1, 0.15) is 40.0 Å². The molecule has 4 heteroatoms. The molecule has 2 N–H and O–H groups in total. The largest absolute Gasteiger partial charge is 0.332 e. The van der Waals surface area contributed by atoms with Crippen LogP contribution in [-0.2, 0) is 4.52 Å². The number of hydrogen-bond donors (Lipinski definition) is 1. The number of nitrogens with two attached hydrogens (primary N) is 1. The summed E-state index contributed by atoms with van der Waals surface area (Å²) in [5, 5.41) is 0. The SMILES string of the molecule is CC1CCC2C(C1)OP(N)SC2(C)C. The van der Waals surface area contributed by atoms with Crippen LogP contribution in [0, 0.1) is 11.8 Å². The Bertz CT molecular complexity index is 222. The molecule has 1 heterocycles. The fraction of sp³-hybridized carbons (Fsp3) is 1.00. The minimum Gasteiger partial charge on any atom is -0.332 e. The smallest absolute Gasteiger partial charge is 0.164 e. The fourth-order valence-corrected chi connectivity index (χ4v) is 6.36. The van der Waals surface area contributed by atoms with Gasteiger partial charge in [-0.3, -0.25) is 5.50 Å². The molecule has 2 nitrogen and oxygen atoms in total. The van der Waals surface area contributed by atoms with E-state index in [-0.39, 0.29) is 0 Å². The van der Waals surface area contributed by atoms with Gasteiger partial charge in [-0.05, 0) is 32.6 Å². The summed E-state index contributed by atoms with van der Waals surface area (Å²) in [6.07, 6.45) is 4.32. The lowest BCUT2D eigenvalue weighted by Gasteiger charge is -2.48. The van der Waals surface area contributed by atoms with Crippen molar-refractivity contribution in [3.8, 4) is 0 Å². The predicted octanol–water partition coefficient (Wildman–Crippen LogP) is 3.52. The Hall–Kier alpha value is 0.700. The molecule has 1 saturated heterocycles. The van der Waals surface area contributed by atoms with Crippen molar-refractivity contribution in [2.24, 2.45) is 17.3 Å². The Labute approximate surface area is 92.0 Å². The van der Waals surface area contributed by atoms with E-state index in [1.807, 2.05) is 11.4 Å². The van der Waals surface area contributed by atoms with Crippen LogP contribution in [0.4, 0.5) is 0 Å². The molecule has 0 aromatic heterocycles. The summed E-state index contributed by atoms with van der Waals surface area (Å²) in [4.78, 5) is 0. The summed E-state index contributed by atoms with van der Waals surface area (Å²) in [7, 11) is -0.726. The molecule has 0 bridgehead atoms. The molecule has 4 atom stereocenters. The highest BCUT2D eigenvalue weighted by molar-refractivity contribution is 8.54. The highest BCUT2D eigenvalue weighted by Crippen LogP contribution is 2.62. The van der Waals surface area contributed by atoms with Crippen molar-refractivity contribution in [2.75, 3.05) is 0 Å². The molecule has 0 aromatic rings. The molecule has 1 aliphatic heterocycles. The monoisotopic (exact) mass is 233 g/mol. The van der Waals surface area contributed by atoms with Crippen LogP contribution in [-0.4, -0.2) is 10.9 Å². The summed E-state index contributed by atoms with van der Waals surface area (Å²) in [5.74, 6) is 1.53. The van der Waals surface area contributed by atoms with Gasteiger partial charge in [-0.2, -0.15) is 0 Å². The second kappa shape index (κ2) is 3.93. The Morgan fingerprint density at radius 3 is 2.86 bits per heavy atom. The molecule has 0 spiro atoms. The molecule has 0 radical (unpaired) electrons. The highest BCUT2D eigenvalue weighted by atomic mass is 32.7. The number of hydrogen-bond acceptors (Lipinski definition) is 3. The van der Waals surface area contributed by atoms with Crippen molar-refractivity contribution in [1.29, 1.82) is 0 Å². The molecule has 2 aliphatic rings. The van der Waals surface area contributed by atoms with Crippen molar-refractivity contribution < 1.29 is 4.52 Å². The minimum atomic E-state index is -0.726. The zero-order valence-electron chi connectivity index (χ0n) is 9.19. The third-order valence-electron chi connectivity index (χ3n) is 3.51. The molecule has 14 heavy (non-hydrogen) atoms. The molecule has 4 unspecified atom stereocenters. The normalized spacial score (nSPS) is 47.1. The first kappa shape index (κ1) is 11.2. The molecule has 0 amide bonds. The summed E-state index contributed by atoms with van der Waals surface area (Å²) >= 11 is 1.85. The van der Waals surface area contributed by atoms with Gasteiger partial charge < -0.3 is 4.52 Å². The minimum absolute atomic E-state index is 0.323. The third kappa shape index (κ3) is 2.11. The van der Waals surface area contributed by atoms with E-state index < -0.39 is 7.50 Å². The van der Waals surface area contributed by atoms with Crippen LogP contribution >= 0.6 is 18.9 Å². The van der Waals surface area contributed by atoms with Crippen molar-refractivity contribution in [1.82, 2.24) is 0 Å². The molecule has 2 fully saturated rings. The van der Waals surface area contributed by atoms with E-state index >= 15 is 0 Å². The lowest BCUT2D eigenvalue weighted by atomic mass is 9.75. The lowest BCUT2D eigenvalue weighted by molar-refractivity contribution is 0.0620. The molecular weight excluding hydrogens is 213 g/mol. The van der Waals surface area contributed by atoms with E-state index in [0.29, 0.717) is 16.8 Å².